The molecular formula is C16H20O5S. The van der Waals surface area contributed by atoms with Crippen molar-refractivity contribution in [1.29, 1.82) is 0 Å². The van der Waals surface area contributed by atoms with Crippen molar-refractivity contribution in [3.8, 4) is 0 Å². The lowest BCUT2D eigenvalue weighted by atomic mass is 10.1. The number of hydrogen-bond donors (Lipinski definition) is 0. The van der Waals surface area contributed by atoms with E-state index in [4.69, 9.17) is 8.92 Å². The van der Waals surface area contributed by atoms with Crippen LogP contribution in [-0.2, 0) is 23.8 Å². The summed E-state index contributed by atoms with van der Waals surface area (Å²) in [5.41, 5.74) is 1.86. The van der Waals surface area contributed by atoms with E-state index in [-0.39, 0.29) is 23.7 Å². The molecule has 22 heavy (non-hydrogen) atoms. The topological polar surface area (TPSA) is 69.7 Å². The molecule has 2 rings (SSSR count). The molecule has 1 saturated heterocycles. The highest BCUT2D eigenvalue weighted by molar-refractivity contribution is 7.86. The molecule has 120 valence electrons. The Bertz CT molecular complexity index is 633. The second kappa shape index (κ2) is 7.17. The molecule has 0 saturated carbocycles. The molecular weight excluding hydrogens is 304 g/mol. The number of rotatable bonds is 7. The third kappa shape index (κ3) is 4.25. The van der Waals surface area contributed by atoms with Crippen LogP contribution in [0.4, 0.5) is 0 Å². The molecule has 0 aromatic heterocycles. The summed E-state index contributed by atoms with van der Waals surface area (Å²) in [5, 5.41) is 0. The predicted octanol–water partition coefficient (Wildman–Crippen LogP) is 2.39. The second-order valence-electron chi connectivity index (χ2n) is 5.40. The van der Waals surface area contributed by atoms with Crippen molar-refractivity contribution >= 4 is 16.4 Å². The van der Waals surface area contributed by atoms with Crippen molar-refractivity contribution in [1.82, 2.24) is 0 Å². The fourth-order valence-electron chi connectivity index (χ4n) is 2.33. The number of hydrogen-bond acceptors (Lipinski definition) is 5. The predicted molar refractivity (Wildman–Crippen MR) is 82.0 cm³/mol. The first-order valence-electron chi connectivity index (χ1n) is 7.15. The maximum absolute atomic E-state index is 12.1. The monoisotopic (exact) mass is 324 g/mol. The van der Waals surface area contributed by atoms with Gasteiger partial charge in [-0.15, -0.1) is 0 Å². The van der Waals surface area contributed by atoms with Gasteiger partial charge >= 0.3 is 0 Å². The molecule has 0 amide bonds. The number of ether oxygens (including phenoxy) is 1. The molecule has 1 aromatic carbocycles. The van der Waals surface area contributed by atoms with Gasteiger partial charge in [-0.05, 0) is 37.5 Å². The number of aryl methyl sites for hydroxylation is 1. The Balaban J connectivity index is 1.91. The third-order valence-corrected chi connectivity index (χ3v) is 4.86. The van der Waals surface area contributed by atoms with Crippen molar-refractivity contribution in [3.63, 3.8) is 0 Å². The zero-order valence-electron chi connectivity index (χ0n) is 12.5. The minimum atomic E-state index is -3.78. The number of benzene rings is 1. The van der Waals surface area contributed by atoms with Gasteiger partial charge in [0.1, 0.15) is 6.29 Å². The second-order valence-corrected chi connectivity index (χ2v) is 7.02. The van der Waals surface area contributed by atoms with Crippen LogP contribution in [0, 0.1) is 6.92 Å². The zero-order valence-corrected chi connectivity index (χ0v) is 13.3. The van der Waals surface area contributed by atoms with Crippen LogP contribution in [0.3, 0.4) is 0 Å². The summed E-state index contributed by atoms with van der Waals surface area (Å²) in [7, 11) is -3.78. The summed E-state index contributed by atoms with van der Waals surface area (Å²) >= 11 is 0. The van der Waals surface area contributed by atoms with Crippen molar-refractivity contribution in [2.75, 3.05) is 6.61 Å². The third-order valence-electron chi connectivity index (χ3n) is 3.57. The summed E-state index contributed by atoms with van der Waals surface area (Å²) in [6, 6.07) is 6.48. The van der Waals surface area contributed by atoms with Gasteiger partial charge in [-0.2, -0.15) is 8.42 Å². The molecule has 0 radical (unpaired) electrons. The van der Waals surface area contributed by atoms with Gasteiger partial charge in [-0.25, -0.2) is 0 Å². The average Bonchev–Trinajstić information content (AvgIpc) is 2.84. The van der Waals surface area contributed by atoms with Crippen LogP contribution in [0.25, 0.3) is 0 Å². The van der Waals surface area contributed by atoms with Gasteiger partial charge in [0, 0.05) is 6.42 Å². The molecule has 5 nitrogen and oxygen atoms in total. The summed E-state index contributed by atoms with van der Waals surface area (Å²) in [5.74, 6) is 0. The van der Waals surface area contributed by atoms with Crippen molar-refractivity contribution in [3.05, 3.63) is 42.0 Å². The SMILES string of the molecule is C=C1C[C@H](COS(=O)(=O)c2ccc(C)cc2)O[C@@H]1CCC=O. The molecule has 0 aliphatic carbocycles. The first-order chi connectivity index (χ1) is 10.4. The molecule has 0 unspecified atom stereocenters. The number of carbonyl (C=O) groups is 1. The van der Waals surface area contributed by atoms with Gasteiger partial charge in [0.25, 0.3) is 10.1 Å². The fraction of sp³-hybridized carbons (Fsp3) is 0.438. The van der Waals surface area contributed by atoms with Gasteiger partial charge in [-0.1, -0.05) is 24.3 Å². The van der Waals surface area contributed by atoms with E-state index < -0.39 is 10.1 Å². The molecule has 0 N–H and O–H groups in total. The van der Waals surface area contributed by atoms with Crippen LogP contribution in [0.2, 0.25) is 0 Å². The standard InChI is InChI=1S/C16H20O5S/c1-12-5-7-15(8-6-12)22(18,19)20-11-14-10-13(2)16(21-14)4-3-9-17/h5-9,14,16H,2-4,10-11H2,1H3/t14-,16-/m1/s1. The highest BCUT2D eigenvalue weighted by Gasteiger charge is 2.30. The lowest BCUT2D eigenvalue weighted by Gasteiger charge is -2.13. The van der Waals surface area contributed by atoms with Gasteiger partial charge in [0.05, 0.1) is 23.7 Å². The Labute approximate surface area is 131 Å². The quantitative estimate of drug-likeness (QED) is 0.437. The Hall–Kier alpha value is -1.50. The highest BCUT2D eigenvalue weighted by Crippen LogP contribution is 2.28. The first kappa shape index (κ1) is 16.9. The summed E-state index contributed by atoms with van der Waals surface area (Å²) in [6.07, 6.45) is 1.82. The van der Waals surface area contributed by atoms with Crippen LogP contribution >= 0.6 is 0 Å². The van der Waals surface area contributed by atoms with Crippen LogP contribution in [0.1, 0.15) is 24.8 Å². The number of carbonyl (C=O) groups excluding carboxylic acids is 1. The molecule has 1 heterocycles. The molecule has 2 atom stereocenters. The first-order valence-corrected chi connectivity index (χ1v) is 8.56. The number of aldehydes is 1. The van der Waals surface area contributed by atoms with Crippen molar-refractivity contribution < 1.29 is 22.1 Å². The fourth-order valence-corrected chi connectivity index (χ4v) is 3.27. The molecule has 1 aromatic rings. The Morgan fingerprint density at radius 2 is 2.05 bits per heavy atom. The normalized spacial score (nSPS) is 22.0. The Morgan fingerprint density at radius 1 is 1.36 bits per heavy atom. The summed E-state index contributed by atoms with van der Waals surface area (Å²) in [6.45, 7) is 5.74. The van der Waals surface area contributed by atoms with E-state index in [2.05, 4.69) is 6.58 Å². The Morgan fingerprint density at radius 3 is 2.68 bits per heavy atom. The molecule has 1 aliphatic heterocycles. The van der Waals surface area contributed by atoms with Crippen LogP contribution in [0.15, 0.2) is 41.3 Å². The van der Waals surface area contributed by atoms with Crippen LogP contribution in [0.5, 0.6) is 0 Å². The minimum absolute atomic E-state index is 0.0488. The van der Waals surface area contributed by atoms with Gasteiger partial charge in [0.2, 0.25) is 0 Å². The maximum Gasteiger partial charge on any atom is 0.297 e. The minimum Gasteiger partial charge on any atom is -0.368 e. The van der Waals surface area contributed by atoms with Crippen LogP contribution < -0.4 is 0 Å². The van der Waals surface area contributed by atoms with E-state index >= 15 is 0 Å². The van der Waals surface area contributed by atoms with E-state index in [0.29, 0.717) is 19.3 Å². The molecule has 6 heteroatoms. The van der Waals surface area contributed by atoms with E-state index in [1.54, 1.807) is 12.1 Å². The van der Waals surface area contributed by atoms with E-state index in [9.17, 15) is 13.2 Å². The van der Waals surface area contributed by atoms with Gasteiger partial charge in [0.15, 0.2) is 0 Å². The van der Waals surface area contributed by atoms with Gasteiger partial charge in [-0.3, -0.25) is 4.18 Å². The molecule has 0 bridgehead atoms. The summed E-state index contributed by atoms with van der Waals surface area (Å²) in [4.78, 5) is 10.5. The molecule has 1 fully saturated rings. The van der Waals surface area contributed by atoms with Crippen molar-refractivity contribution in [2.45, 2.75) is 43.3 Å². The Kier molecular flexibility index (Phi) is 5.50. The van der Waals surface area contributed by atoms with Crippen molar-refractivity contribution in [2.24, 2.45) is 0 Å². The molecule has 0 spiro atoms. The lowest BCUT2D eigenvalue weighted by Crippen LogP contribution is -2.20. The van der Waals surface area contributed by atoms with Gasteiger partial charge < -0.3 is 9.53 Å². The van der Waals surface area contributed by atoms with E-state index in [1.165, 1.54) is 12.1 Å². The average molecular weight is 324 g/mol. The smallest absolute Gasteiger partial charge is 0.297 e. The largest absolute Gasteiger partial charge is 0.368 e. The summed E-state index contributed by atoms with van der Waals surface area (Å²) < 4.78 is 34.9. The molecule has 1 aliphatic rings. The maximum atomic E-state index is 12.1. The van der Waals surface area contributed by atoms with E-state index in [1.807, 2.05) is 6.92 Å². The van der Waals surface area contributed by atoms with Crippen LogP contribution in [-0.4, -0.2) is 33.5 Å². The zero-order chi connectivity index (χ0) is 16.2. The lowest BCUT2D eigenvalue weighted by molar-refractivity contribution is -0.108. The highest BCUT2D eigenvalue weighted by atomic mass is 32.2. The van der Waals surface area contributed by atoms with E-state index in [0.717, 1.165) is 17.4 Å².